The number of nitrogens with one attached hydrogen (secondary N) is 2. The average Bonchev–Trinajstić information content (AvgIpc) is 2.90. The fourth-order valence-electron chi connectivity index (χ4n) is 4.44. The molecule has 28 heavy (non-hydrogen) atoms. The molecule has 2 N–H and O–H groups in total. The molecule has 156 valence electrons. The van der Waals surface area contributed by atoms with Crippen LogP contribution in [0.15, 0.2) is 30.3 Å². The molecule has 8 heteroatoms. The molecule has 3 fully saturated rings. The monoisotopic (exact) mass is 428 g/mol. The van der Waals surface area contributed by atoms with E-state index in [0.717, 1.165) is 45.6 Å². The van der Waals surface area contributed by atoms with Crippen molar-refractivity contribution in [1.82, 2.24) is 20.4 Å². The van der Waals surface area contributed by atoms with Gasteiger partial charge in [0.25, 0.3) is 5.91 Å². The summed E-state index contributed by atoms with van der Waals surface area (Å²) >= 11 is 0. The number of benzene rings is 1. The average molecular weight is 429 g/mol. The number of likely N-dealkylation sites (tertiary alicyclic amines) is 1. The van der Waals surface area contributed by atoms with Gasteiger partial charge in [-0.05, 0) is 50.3 Å². The number of piperidine rings is 2. The number of carbonyl (C=O) groups is 2. The van der Waals surface area contributed by atoms with E-state index >= 15 is 0 Å². The van der Waals surface area contributed by atoms with Gasteiger partial charge in [0.1, 0.15) is 5.54 Å². The highest BCUT2D eigenvalue weighted by molar-refractivity contribution is 6.07. The van der Waals surface area contributed by atoms with E-state index in [4.69, 9.17) is 0 Å². The van der Waals surface area contributed by atoms with E-state index in [2.05, 4.69) is 39.8 Å². The number of halogens is 2. The molecule has 0 unspecified atom stereocenters. The second-order valence-electron chi connectivity index (χ2n) is 7.88. The van der Waals surface area contributed by atoms with Crippen LogP contribution in [0, 0.1) is 5.92 Å². The number of urea groups is 1. The lowest BCUT2D eigenvalue weighted by Crippen LogP contribution is -2.54. The molecule has 3 aliphatic rings. The number of carbonyl (C=O) groups excluding carboxylic acids is 2. The minimum Gasteiger partial charge on any atom is -0.323 e. The Labute approximate surface area is 179 Å². The molecule has 1 aromatic carbocycles. The Morgan fingerprint density at radius 1 is 1.00 bits per heavy atom. The molecular weight excluding hydrogens is 399 g/mol. The van der Waals surface area contributed by atoms with Crippen LogP contribution in [0.1, 0.15) is 31.2 Å². The second kappa shape index (κ2) is 9.92. The van der Waals surface area contributed by atoms with E-state index in [-0.39, 0.29) is 36.8 Å². The maximum atomic E-state index is 13.0. The van der Waals surface area contributed by atoms with Gasteiger partial charge in [-0.1, -0.05) is 30.3 Å². The van der Waals surface area contributed by atoms with Gasteiger partial charge in [-0.3, -0.25) is 14.6 Å². The minimum absolute atomic E-state index is 0. The van der Waals surface area contributed by atoms with Crippen LogP contribution in [0.2, 0.25) is 0 Å². The molecule has 3 heterocycles. The van der Waals surface area contributed by atoms with Crippen molar-refractivity contribution in [2.75, 3.05) is 32.7 Å². The number of imide groups is 1. The first-order valence-electron chi connectivity index (χ1n) is 9.77. The molecule has 3 saturated heterocycles. The maximum Gasteiger partial charge on any atom is 0.325 e. The maximum absolute atomic E-state index is 13.0. The van der Waals surface area contributed by atoms with Crippen molar-refractivity contribution in [2.45, 2.75) is 37.8 Å². The fraction of sp³-hybridized carbons (Fsp3) is 0.600. The van der Waals surface area contributed by atoms with Gasteiger partial charge in [-0.15, -0.1) is 24.8 Å². The molecule has 0 aliphatic carbocycles. The van der Waals surface area contributed by atoms with E-state index in [1.54, 1.807) is 0 Å². The fourth-order valence-corrected chi connectivity index (χ4v) is 4.44. The van der Waals surface area contributed by atoms with Crippen molar-refractivity contribution in [2.24, 2.45) is 5.92 Å². The summed E-state index contributed by atoms with van der Waals surface area (Å²) < 4.78 is 0. The predicted octanol–water partition coefficient (Wildman–Crippen LogP) is 2.42. The Balaban J connectivity index is 0.00000140. The van der Waals surface area contributed by atoms with Crippen molar-refractivity contribution >= 4 is 36.8 Å². The SMILES string of the molecule is Cl.Cl.O=C1NC2(CCN(Cc3ccccc3)CC2)C(=O)N1CC1CCNCC1. The minimum atomic E-state index is -0.669. The van der Waals surface area contributed by atoms with Gasteiger partial charge in [0.05, 0.1) is 0 Å². The van der Waals surface area contributed by atoms with E-state index < -0.39 is 5.54 Å². The number of rotatable bonds is 4. The van der Waals surface area contributed by atoms with Crippen molar-refractivity contribution in [1.29, 1.82) is 0 Å². The van der Waals surface area contributed by atoms with Crippen LogP contribution in [-0.4, -0.2) is 60.0 Å². The van der Waals surface area contributed by atoms with E-state index in [0.29, 0.717) is 25.3 Å². The van der Waals surface area contributed by atoms with Gasteiger partial charge in [0, 0.05) is 26.2 Å². The molecular formula is C20H30Cl2N4O2. The zero-order valence-electron chi connectivity index (χ0n) is 16.1. The lowest BCUT2D eigenvalue weighted by atomic mass is 9.87. The highest BCUT2D eigenvalue weighted by Crippen LogP contribution is 2.31. The van der Waals surface area contributed by atoms with Crippen LogP contribution in [0.3, 0.4) is 0 Å². The first kappa shape index (κ1) is 22.9. The Morgan fingerprint density at radius 3 is 2.29 bits per heavy atom. The zero-order valence-corrected chi connectivity index (χ0v) is 17.7. The van der Waals surface area contributed by atoms with Gasteiger partial charge in [-0.2, -0.15) is 0 Å². The van der Waals surface area contributed by atoms with E-state index in [1.165, 1.54) is 10.5 Å². The van der Waals surface area contributed by atoms with Crippen molar-refractivity contribution < 1.29 is 9.59 Å². The first-order chi connectivity index (χ1) is 12.7. The Bertz CT molecular complexity index is 659. The smallest absolute Gasteiger partial charge is 0.323 e. The first-order valence-corrected chi connectivity index (χ1v) is 9.77. The Kier molecular flexibility index (Phi) is 8.13. The van der Waals surface area contributed by atoms with Gasteiger partial charge >= 0.3 is 6.03 Å². The van der Waals surface area contributed by atoms with Crippen molar-refractivity contribution in [3.05, 3.63) is 35.9 Å². The van der Waals surface area contributed by atoms with E-state index in [9.17, 15) is 9.59 Å². The molecule has 0 bridgehead atoms. The molecule has 0 radical (unpaired) electrons. The number of hydrogen-bond acceptors (Lipinski definition) is 4. The summed E-state index contributed by atoms with van der Waals surface area (Å²) in [5.74, 6) is 0.430. The molecule has 0 aromatic heterocycles. The largest absolute Gasteiger partial charge is 0.325 e. The second-order valence-corrected chi connectivity index (χ2v) is 7.88. The highest BCUT2D eigenvalue weighted by Gasteiger charge is 2.52. The third-order valence-electron chi connectivity index (χ3n) is 6.10. The van der Waals surface area contributed by atoms with Crippen LogP contribution in [0.5, 0.6) is 0 Å². The summed E-state index contributed by atoms with van der Waals surface area (Å²) in [4.78, 5) is 29.4. The molecule has 0 atom stereocenters. The number of amides is 3. The molecule has 3 amide bonds. The Hall–Kier alpha value is -1.34. The van der Waals surface area contributed by atoms with Crippen molar-refractivity contribution in [3.8, 4) is 0 Å². The zero-order chi connectivity index (χ0) is 18.0. The normalized spacial score (nSPS) is 22.5. The predicted molar refractivity (Wildman–Crippen MR) is 114 cm³/mol. The lowest BCUT2D eigenvalue weighted by molar-refractivity contribution is -0.133. The summed E-state index contributed by atoms with van der Waals surface area (Å²) in [6.07, 6.45) is 3.48. The van der Waals surface area contributed by atoms with Gasteiger partial charge in [0.2, 0.25) is 0 Å². The summed E-state index contributed by atoms with van der Waals surface area (Å²) in [6.45, 7) is 5.10. The van der Waals surface area contributed by atoms with Gasteiger partial charge in [0.15, 0.2) is 0 Å². The van der Waals surface area contributed by atoms with Crippen LogP contribution < -0.4 is 10.6 Å². The molecule has 4 rings (SSSR count). The standard InChI is InChI=1S/C20H28N4O2.2ClH/c25-18-20(22-19(26)24(18)15-17-6-10-21-11-7-17)8-12-23(13-9-20)14-16-4-2-1-3-5-16;;/h1-5,17,21H,6-15H2,(H,22,26);2*1H. The quantitative estimate of drug-likeness (QED) is 0.722. The molecule has 0 saturated carbocycles. The van der Waals surface area contributed by atoms with E-state index in [1.807, 2.05) is 6.07 Å². The summed E-state index contributed by atoms with van der Waals surface area (Å²) in [5, 5.41) is 6.37. The van der Waals surface area contributed by atoms with Crippen LogP contribution in [0.25, 0.3) is 0 Å². The number of nitrogens with zero attached hydrogens (tertiary/aromatic N) is 2. The van der Waals surface area contributed by atoms with Crippen LogP contribution in [0.4, 0.5) is 4.79 Å². The summed E-state index contributed by atoms with van der Waals surface area (Å²) in [5.41, 5.74) is 0.620. The van der Waals surface area contributed by atoms with Gasteiger partial charge in [-0.25, -0.2) is 4.79 Å². The van der Waals surface area contributed by atoms with Crippen LogP contribution >= 0.6 is 24.8 Å². The highest BCUT2D eigenvalue weighted by atomic mass is 35.5. The number of hydrogen-bond donors (Lipinski definition) is 2. The lowest BCUT2D eigenvalue weighted by Gasteiger charge is -2.37. The molecule has 6 nitrogen and oxygen atoms in total. The van der Waals surface area contributed by atoms with Crippen molar-refractivity contribution in [3.63, 3.8) is 0 Å². The molecule has 3 aliphatic heterocycles. The third-order valence-corrected chi connectivity index (χ3v) is 6.10. The third kappa shape index (κ3) is 4.79. The topological polar surface area (TPSA) is 64.7 Å². The van der Waals surface area contributed by atoms with Crippen LogP contribution in [-0.2, 0) is 11.3 Å². The van der Waals surface area contributed by atoms with Gasteiger partial charge < -0.3 is 10.6 Å². The summed E-state index contributed by atoms with van der Waals surface area (Å²) in [6, 6.07) is 10.2. The molecule has 1 spiro atoms. The summed E-state index contributed by atoms with van der Waals surface area (Å²) in [7, 11) is 0. The Morgan fingerprint density at radius 2 is 1.64 bits per heavy atom. The molecule has 1 aromatic rings.